The van der Waals surface area contributed by atoms with Crippen molar-refractivity contribution in [2.45, 2.75) is 45.6 Å². The lowest BCUT2D eigenvalue weighted by atomic mass is 9.77. The first-order chi connectivity index (χ1) is 11.5. The molecule has 1 N–H and O–H groups in total. The largest absolute Gasteiger partial charge is 0.339 e. The van der Waals surface area contributed by atoms with Crippen LogP contribution in [0.3, 0.4) is 0 Å². The van der Waals surface area contributed by atoms with E-state index < -0.39 is 0 Å². The molecule has 1 saturated carbocycles. The second-order valence-corrected chi connectivity index (χ2v) is 7.28. The fourth-order valence-corrected chi connectivity index (χ4v) is 4.00. The molecule has 0 unspecified atom stereocenters. The molecule has 5 heteroatoms. The molecular formula is C19H25FN2O2. The Morgan fingerprint density at radius 2 is 1.92 bits per heavy atom. The molecule has 0 spiro atoms. The molecule has 2 aliphatic rings. The van der Waals surface area contributed by atoms with Crippen LogP contribution in [0, 0.1) is 23.6 Å². The topological polar surface area (TPSA) is 49.4 Å². The number of nitrogens with zero attached hydrogens (tertiary/aromatic N) is 1. The van der Waals surface area contributed by atoms with Crippen molar-refractivity contribution in [1.29, 1.82) is 0 Å². The van der Waals surface area contributed by atoms with Crippen LogP contribution in [0.25, 0.3) is 0 Å². The third-order valence-electron chi connectivity index (χ3n) is 5.71. The number of anilines is 1. The van der Waals surface area contributed by atoms with Gasteiger partial charge in [0.2, 0.25) is 11.8 Å². The molecule has 1 aromatic rings. The highest BCUT2D eigenvalue weighted by Gasteiger charge is 2.41. The van der Waals surface area contributed by atoms with E-state index in [1.807, 2.05) is 4.90 Å². The van der Waals surface area contributed by atoms with Gasteiger partial charge in [0.05, 0.1) is 5.92 Å². The molecule has 1 aliphatic carbocycles. The van der Waals surface area contributed by atoms with Gasteiger partial charge in [0.25, 0.3) is 0 Å². The molecule has 0 bridgehead atoms. The third kappa shape index (κ3) is 3.45. The van der Waals surface area contributed by atoms with Gasteiger partial charge in [-0.15, -0.1) is 0 Å². The lowest BCUT2D eigenvalue weighted by Gasteiger charge is -2.40. The molecule has 1 aromatic carbocycles. The summed E-state index contributed by atoms with van der Waals surface area (Å²) in [6.45, 7) is 4.96. The van der Waals surface area contributed by atoms with Gasteiger partial charge in [0, 0.05) is 24.7 Å². The normalized spacial score (nSPS) is 30.5. The second kappa shape index (κ2) is 6.91. The Morgan fingerprint density at radius 1 is 1.21 bits per heavy atom. The van der Waals surface area contributed by atoms with E-state index in [0.29, 0.717) is 24.1 Å². The lowest BCUT2D eigenvalue weighted by Crippen LogP contribution is -2.45. The second-order valence-electron chi connectivity index (χ2n) is 7.28. The van der Waals surface area contributed by atoms with Crippen molar-refractivity contribution in [1.82, 2.24) is 4.90 Å². The number of carbonyl (C=O) groups is 2. The van der Waals surface area contributed by atoms with E-state index >= 15 is 0 Å². The molecule has 2 amide bonds. The smallest absolute Gasteiger partial charge is 0.229 e. The summed E-state index contributed by atoms with van der Waals surface area (Å²) in [6.07, 6.45) is 3.66. The summed E-state index contributed by atoms with van der Waals surface area (Å²) in [4.78, 5) is 26.8. The summed E-state index contributed by atoms with van der Waals surface area (Å²) in [6, 6.07) is 5.95. The summed E-state index contributed by atoms with van der Waals surface area (Å²) in [7, 11) is 0. The minimum Gasteiger partial charge on any atom is -0.339 e. The molecule has 2 fully saturated rings. The maximum Gasteiger partial charge on any atom is 0.229 e. The van der Waals surface area contributed by atoms with Crippen molar-refractivity contribution in [3.05, 3.63) is 30.1 Å². The van der Waals surface area contributed by atoms with Gasteiger partial charge in [-0.3, -0.25) is 9.59 Å². The van der Waals surface area contributed by atoms with Crippen LogP contribution >= 0.6 is 0 Å². The molecule has 3 rings (SSSR count). The van der Waals surface area contributed by atoms with Crippen LogP contribution in [-0.2, 0) is 9.59 Å². The zero-order valence-electron chi connectivity index (χ0n) is 14.3. The first-order valence-corrected chi connectivity index (χ1v) is 8.81. The zero-order valence-corrected chi connectivity index (χ0v) is 14.3. The van der Waals surface area contributed by atoms with Crippen LogP contribution in [-0.4, -0.2) is 29.3 Å². The first-order valence-electron chi connectivity index (χ1n) is 8.81. The molecule has 0 radical (unpaired) electrons. The average molecular weight is 332 g/mol. The van der Waals surface area contributed by atoms with Crippen LogP contribution in [0.15, 0.2) is 24.3 Å². The molecule has 4 nitrogen and oxygen atoms in total. The SMILES string of the molecule is C[C@H]1[C@H](N2C[C@H](C(=O)Nc3ccc(F)cc3)CC2=O)CCC[C@@H]1C. The number of rotatable bonds is 3. The lowest BCUT2D eigenvalue weighted by molar-refractivity contribution is -0.131. The van der Waals surface area contributed by atoms with Gasteiger partial charge in [-0.2, -0.15) is 0 Å². The summed E-state index contributed by atoms with van der Waals surface area (Å²) in [5.74, 6) is 0.349. The fraction of sp³-hybridized carbons (Fsp3) is 0.579. The number of benzene rings is 1. The zero-order chi connectivity index (χ0) is 17.3. The van der Waals surface area contributed by atoms with Crippen molar-refractivity contribution < 1.29 is 14.0 Å². The Bertz CT molecular complexity index is 616. The highest BCUT2D eigenvalue weighted by Crippen LogP contribution is 2.35. The standard InChI is InChI=1S/C19H25FN2O2/c1-12-4-3-5-17(13(12)2)22-11-14(10-18(22)23)19(24)21-16-8-6-15(20)7-9-16/h6-9,12-14,17H,3-5,10-11H2,1-2H3,(H,21,24)/t12-,13+,14+,17+/m0/s1. The van der Waals surface area contributed by atoms with Gasteiger partial charge < -0.3 is 10.2 Å². The number of carbonyl (C=O) groups excluding carboxylic acids is 2. The maximum absolute atomic E-state index is 12.9. The Morgan fingerprint density at radius 3 is 2.62 bits per heavy atom. The summed E-state index contributed by atoms with van der Waals surface area (Å²) >= 11 is 0. The molecular weight excluding hydrogens is 307 g/mol. The monoisotopic (exact) mass is 332 g/mol. The van der Waals surface area contributed by atoms with E-state index in [9.17, 15) is 14.0 Å². The van der Waals surface area contributed by atoms with Gasteiger partial charge in [0.1, 0.15) is 5.82 Å². The van der Waals surface area contributed by atoms with E-state index in [1.165, 1.54) is 30.7 Å². The van der Waals surface area contributed by atoms with E-state index in [0.717, 1.165) is 12.8 Å². The van der Waals surface area contributed by atoms with Crippen molar-refractivity contribution in [3.8, 4) is 0 Å². The Kier molecular flexibility index (Phi) is 4.88. The van der Waals surface area contributed by atoms with Crippen LogP contribution in [0.5, 0.6) is 0 Å². The van der Waals surface area contributed by atoms with Crippen LogP contribution in [0.1, 0.15) is 39.5 Å². The van der Waals surface area contributed by atoms with E-state index in [4.69, 9.17) is 0 Å². The summed E-state index contributed by atoms with van der Waals surface area (Å²) in [5.41, 5.74) is 0.562. The molecule has 1 saturated heterocycles. The number of halogens is 1. The molecule has 1 aliphatic heterocycles. The van der Waals surface area contributed by atoms with Crippen molar-refractivity contribution >= 4 is 17.5 Å². The maximum atomic E-state index is 12.9. The Labute approximate surface area is 142 Å². The number of hydrogen-bond donors (Lipinski definition) is 1. The number of hydrogen-bond acceptors (Lipinski definition) is 2. The van der Waals surface area contributed by atoms with Gasteiger partial charge in [-0.1, -0.05) is 26.7 Å². The summed E-state index contributed by atoms with van der Waals surface area (Å²) < 4.78 is 12.9. The predicted octanol–water partition coefficient (Wildman–Crippen LogP) is 3.44. The van der Waals surface area contributed by atoms with Gasteiger partial charge >= 0.3 is 0 Å². The van der Waals surface area contributed by atoms with Crippen molar-refractivity contribution in [2.24, 2.45) is 17.8 Å². The highest BCUT2D eigenvalue weighted by molar-refractivity contribution is 5.97. The van der Waals surface area contributed by atoms with E-state index in [1.54, 1.807) is 0 Å². The molecule has 24 heavy (non-hydrogen) atoms. The Hall–Kier alpha value is -1.91. The predicted molar refractivity (Wildman–Crippen MR) is 90.8 cm³/mol. The van der Waals surface area contributed by atoms with E-state index in [2.05, 4.69) is 19.2 Å². The number of amides is 2. The quantitative estimate of drug-likeness (QED) is 0.922. The molecule has 0 aromatic heterocycles. The van der Waals surface area contributed by atoms with Crippen molar-refractivity contribution in [3.63, 3.8) is 0 Å². The molecule has 4 atom stereocenters. The fourth-order valence-electron chi connectivity index (χ4n) is 4.00. The van der Waals surface area contributed by atoms with E-state index in [-0.39, 0.29) is 36.0 Å². The third-order valence-corrected chi connectivity index (χ3v) is 5.71. The number of nitrogens with one attached hydrogen (secondary N) is 1. The summed E-state index contributed by atoms with van der Waals surface area (Å²) in [5, 5.41) is 2.79. The van der Waals surface area contributed by atoms with Crippen molar-refractivity contribution in [2.75, 3.05) is 11.9 Å². The number of likely N-dealkylation sites (tertiary alicyclic amines) is 1. The highest BCUT2D eigenvalue weighted by atomic mass is 19.1. The minimum absolute atomic E-state index is 0.0835. The van der Waals surface area contributed by atoms with Crippen LogP contribution in [0.2, 0.25) is 0 Å². The van der Waals surface area contributed by atoms with Gasteiger partial charge in [-0.05, 0) is 42.5 Å². The molecule has 130 valence electrons. The van der Waals surface area contributed by atoms with Gasteiger partial charge in [-0.25, -0.2) is 4.39 Å². The van der Waals surface area contributed by atoms with Crippen LogP contribution in [0.4, 0.5) is 10.1 Å². The first kappa shape index (κ1) is 16.9. The Balaban J connectivity index is 1.63. The minimum atomic E-state index is -0.337. The van der Waals surface area contributed by atoms with Gasteiger partial charge in [0.15, 0.2) is 0 Å². The van der Waals surface area contributed by atoms with Crippen LogP contribution < -0.4 is 5.32 Å². The molecule has 1 heterocycles. The average Bonchev–Trinajstić information content (AvgIpc) is 2.94.